The van der Waals surface area contributed by atoms with Crippen molar-refractivity contribution in [1.29, 1.82) is 0 Å². The molecule has 0 bridgehead atoms. The number of nitrogens with zero attached hydrogens (tertiary/aromatic N) is 1. The normalized spacial score (nSPS) is 12.1. The summed E-state index contributed by atoms with van der Waals surface area (Å²) in [5, 5.41) is 5.76. The lowest BCUT2D eigenvalue weighted by Gasteiger charge is -2.22. The highest BCUT2D eigenvalue weighted by Crippen LogP contribution is 2.19. The maximum Gasteiger partial charge on any atom is 0.408 e. The van der Waals surface area contributed by atoms with E-state index in [0.717, 1.165) is 5.56 Å². The van der Waals surface area contributed by atoms with Crippen molar-refractivity contribution in [2.45, 2.75) is 45.9 Å². The summed E-state index contributed by atoms with van der Waals surface area (Å²) >= 11 is 9.42. The molecule has 0 aliphatic rings. The van der Waals surface area contributed by atoms with Crippen molar-refractivity contribution in [3.8, 4) is 0 Å². The van der Waals surface area contributed by atoms with Gasteiger partial charge in [-0.2, -0.15) is 0 Å². The first-order chi connectivity index (χ1) is 14.0. The van der Waals surface area contributed by atoms with E-state index < -0.39 is 29.6 Å². The van der Waals surface area contributed by atoms with Crippen LogP contribution in [0.1, 0.15) is 43.7 Å². The molecule has 1 aromatic carbocycles. The van der Waals surface area contributed by atoms with Gasteiger partial charge in [0.05, 0.1) is 4.47 Å². The van der Waals surface area contributed by atoms with E-state index >= 15 is 0 Å². The van der Waals surface area contributed by atoms with Crippen LogP contribution in [0.5, 0.6) is 0 Å². The van der Waals surface area contributed by atoms with Gasteiger partial charge in [0.15, 0.2) is 0 Å². The van der Waals surface area contributed by atoms with Crippen molar-refractivity contribution in [3.63, 3.8) is 0 Å². The monoisotopic (exact) mass is 498 g/mol. The van der Waals surface area contributed by atoms with Crippen molar-refractivity contribution in [1.82, 2.24) is 15.3 Å². The van der Waals surface area contributed by atoms with Crippen molar-refractivity contribution in [2.75, 3.05) is 5.43 Å². The number of hydrogen-bond acceptors (Lipinski definition) is 4. The molecule has 30 heavy (non-hydrogen) atoms. The summed E-state index contributed by atoms with van der Waals surface area (Å²) in [6, 6.07) is 7.91. The second-order valence-corrected chi connectivity index (χ2v) is 8.76. The number of amides is 3. The van der Waals surface area contributed by atoms with E-state index in [4.69, 9.17) is 16.3 Å². The zero-order valence-electron chi connectivity index (χ0n) is 17.1. The van der Waals surface area contributed by atoms with Crippen LogP contribution in [0.2, 0.25) is 5.02 Å². The molecule has 0 fully saturated rings. The van der Waals surface area contributed by atoms with Gasteiger partial charge in [0.1, 0.15) is 17.3 Å². The maximum absolute atomic E-state index is 12.7. The molecule has 2 aromatic rings. The van der Waals surface area contributed by atoms with Gasteiger partial charge in [-0.3, -0.25) is 19.7 Å². The summed E-state index contributed by atoms with van der Waals surface area (Å²) in [7, 11) is 0. The number of alkyl carbamates (subject to hydrolysis) is 1. The lowest BCUT2D eigenvalue weighted by atomic mass is 10.2. The molecule has 0 saturated heterocycles. The molecule has 0 aliphatic carbocycles. The molecule has 1 atom stereocenters. The second kappa shape index (κ2) is 9.99. The Labute approximate surface area is 188 Å². The Morgan fingerprint density at radius 2 is 1.87 bits per heavy atom. The van der Waals surface area contributed by atoms with Crippen LogP contribution in [0, 0.1) is 0 Å². The molecule has 0 spiro atoms. The lowest BCUT2D eigenvalue weighted by Crippen LogP contribution is -2.46. The van der Waals surface area contributed by atoms with Gasteiger partial charge in [-0.25, -0.2) is 4.79 Å². The number of ether oxygens (including phenoxy) is 1. The number of hydrogen-bond donors (Lipinski definition) is 3. The van der Waals surface area contributed by atoms with Crippen molar-refractivity contribution >= 4 is 45.4 Å². The first-order valence-corrected chi connectivity index (χ1v) is 10.3. The first kappa shape index (κ1) is 23.8. The van der Waals surface area contributed by atoms with Crippen molar-refractivity contribution in [2.24, 2.45) is 0 Å². The molecular formula is C20H24BrClN4O4. The summed E-state index contributed by atoms with van der Waals surface area (Å²) in [6.07, 6.45) is 0.809. The number of halogens is 2. The summed E-state index contributed by atoms with van der Waals surface area (Å²) in [5.41, 5.74) is 2.86. The quantitative estimate of drug-likeness (QED) is 0.562. The Balaban J connectivity index is 2.02. The van der Waals surface area contributed by atoms with Crippen LogP contribution in [-0.2, 0) is 16.1 Å². The van der Waals surface area contributed by atoms with Gasteiger partial charge in [0.2, 0.25) is 0 Å². The van der Waals surface area contributed by atoms with Gasteiger partial charge in [-0.05, 0) is 61.3 Å². The van der Waals surface area contributed by atoms with Gasteiger partial charge in [-0.15, -0.1) is 0 Å². The Hall–Kier alpha value is -2.52. The van der Waals surface area contributed by atoms with Crippen LogP contribution in [0.4, 0.5) is 4.79 Å². The number of nitrogens with one attached hydrogen (secondary N) is 3. The minimum atomic E-state index is -0.889. The number of benzene rings is 1. The summed E-state index contributed by atoms with van der Waals surface area (Å²) in [4.78, 5) is 37.0. The lowest BCUT2D eigenvalue weighted by molar-refractivity contribution is -0.118. The Morgan fingerprint density at radius 1 is 1.20 bits per heavy atom. The molecule has 3 N–H and O–H groups in total. The number of rotatable bonds is 6. The molecule has 0 unspecified atom stereocenters. The SMILES string of the molecule is C[C@H](NC(=O)OC(C)(C)C)C(=O)Nn1ccc(Br)c1C(=O)NCc1ccccc1Cl. The molecule has 2 rings (SSSR count). The minimum Gasteiger partial charge on any atom is -0.444 e. The Bertz CT molecular complexity index is 939. The topological polar surface area (TPSA) is 101 Å². The smallest absolute Gasteiger partial charge is 0.408 e. The van der Waals surface area contributed by atoms with Crippen LogP contribution in [-0.4, -0.2) is 34.2 Å². The molecule has 0 saturated carbocycles. The van der Waals surface area contributed by atoms with E-state index in [1.807, 2.05) is 12.1 Å². The van der Waals surface area contributed by atoms with E-state index in [1.165, 1.54) is 17.8 Å². The van der Waals surface area contributed by atoms with Gasteiger partial charge in [0.25, 0.3) is 11.8 Å². The third-order valence-corrected chi connectivity index (χ3v) is 4.82. The fourth-order valence-corrected chi connectivity index (χ4v) is 3.08. The Morgan fingerprint density at radius 3 is 2.50 bits per heavy atom. The zero-order valence-corrected chi connectivity index (χ0v) is 19.4. The van der Waals surface area contributed by atoms with E-state index in [9.17, 15) is 14.4 Å². The average Bonchev–Trinajstić information content (AvgIpc) is 2.99. The van der Waals surface area contributed by atoms with E-state index in [0.29, 0.717) is 9.50 Å². The third-order valence-electron chi connectivity index (χ3n) is 3.81. The van der Waals surface area contributed by atoms with E-state index in [2.05, 4.69) is 32.0 Å². The van der Waals surface area contributed by atoms with Gasteiger partial charge >= 0.3 is 6.09 Å². The fraction of sp³-hybridized carbons (Fsp3) is 0.350. The van der Waals surface area contributed by atoms with Gasteiger partial charge in [0, 0.05) is 17.8 Å². The van der Waals surface area contributed by atoms with Crippen LogP contribution in [0.25, 0.3) is 0 Å². The number of carbonyl (C=O) groups is 3. The van der Waals surface area contributed by atoms with Gasteiger partial charge < -0.3 is 15.4 Å². The van der Waals surface area contributed by atoms with Crippen molar-refractivity contribution in [3.05, 3.63) is 57.3 Å². The average molecular weight is 500 g/mol. The van der Waals surface area contributed by atoms with E-state index in [-0.39, 0.29) is 12.2 Å². The van der Waals surface area contributed by atoms with Crippen molar-refractivity contribution < 1.29 is 19.1 Å². The highest BCUT2D eigenvalue weighted by Gasteiger charge is 2.23. The molecule has 8 nitrogen and oxygen atoms in total. The molecule has 0 aliphatic heterocycles. The molecule has 1 heterocycles. The first-order valence-electron chi connectivity index (χ1n) is 9.17. The highest BCUT2D eigenvalue weighted by molar-refractivity contribution is 9.10. The van der Waals surface area contributed by atoms with Crippen LogP contribution in [0.3, 0.4) is 0 Å². The summed E-state index contributed by atoms with van der Waals surface area (Å²) in [5.74, 6) is -0.941. The maximum atomic E-state index is 12.7. The number of aromatic nitrogens is 1. The predicted molar refractivity (Wildman–Crippen MR) is 118 cm³/mol. The standard InChI is InChI=1S/C20H24BrClN4O4/c1-12(24-19(29)30-20(2,3)4)17(27)25-26-10-9-14(21)16(26)18(28)23-11-13-7-5-6-8-15(13)22/h5-10,12H,11H2,1-4H3,(H,23,28)(H,24,29)(H,25,27)/t12-/m0/s1. The molecule has 10 heteroatoms. The highest BCUT2D eigenvalue weighted by atomic mass is 79.9. The van der Waals surface area contributed by atoms with Crippen LogP contribution in [0.15, 0.2) is 41.0 Å². The Kier molecular flexibility index (Phi) is 7.91. The predicted octanol–water partition coefficient (Wildman–Crippen LogP) is 3.82. The molecule has 0 radical (unpaired) electrons. The number of carbonyl (C=O) groups excluding carboxylic acids is 3. The zero-order chi connectivity index (χ0) is 22.5. The summed E-state index contributed by atoms with van der Waals surface area (Å²) in [6.45, 7) is 6.90. The van der Waals surface area contributed by atoms with Crippen LogP contribution < -0.4 is 16.1 Å². The molecule has 3 amide bonds. The molecule has 1 aromatic heterocycles. The van der Waals surface area contributed by atoms with Crippen LogP contribution >= 0.6 is 27.5 Å². The fourth-order valence-electron chi connectivity index (χ4n) is 2.39. The largest absolute Gasteiger partial charge is 0.444 e. The molecule has 162 valence electrons. The molecular weight excluding hydrogens is 476 g/mol. The third kappa shape index (κ3) is 6.77. The van der Waals surface area contributed by atoms with E-state index in [1.54, 1.807) is 39.0 Å². The summed E-state index contributed by atoms with van der Waals surface area (Å²) < 4.78 is 6.91. The van der Waals surface area contributed by atoms with Gasteiger partial charge in [-0.1, -0.05) is 29.8 Å². The minimum absolute atomic E-state index is 0.194. The second-order valence-electron chi connectivity index (χ2n) is 7.50.